The monoisotopic (exact) mass is 389 g/mol. The highest BCUT2D eigenvalue weighted by molar-refractivity contribution is 7.12. The van der Waals surface area contributed by atoms with Crippen molar-refractivity contribution in [3.05, 3.63) is 88.1 Å². The fourth-order valence-corrected chi connectivity index (χ4v) is 4.57. The normalized spacial score (nSPS) is 17.4. The van der Waals surface area contributed by atoms with Crippen LogP contribution >= 0.6 is 11.3 Å². The number of thiophene rings is 1. The first kappa shape index (κ1) is 18.3. The van der Waals surface area contributed by atoms with Crippen LogP contribution in [0.15, 0.2) is 72.1 Å². The first-order valence-corrected chi connectivity index (χ1v) is 10.1. The van der Waals surface area contributed by atoms with Gasteiger partial charge in [-0.05, 0) is 17.0 Å². The molecule has 2 aromatic carbocycles. The van der Waals surface area contributed by atoms with Crippen LogP contribution in [0.3, 0.4) is 0 Å². The fourth-order valence-electron chi connectivity index (χ4n) is 3.72. The van der Waals surface area contributed by atoms with Crippen molar-refractivity contribution in [3.63, 3.8) is 0 Å². The second-order valence-corrected chi connectivity index (χ2v) is 7.81. The molecule has 0 radical (unpaired) electrons. The van der Waals surface area contributed by atoms with Crippen LogP contribution in [0.25, 0.3) is 0 Å². The van der Waals surface area contributed by atoms with E-state index in [-0.39, 0.29) is 36.2 Å². The van der Waals surface area contributed by atoms with Crippen LogP contribution in [0.4, 0.5) is 5.69 Å². The van der Waals surface area contributed by atoms with Crippen molar-refractivity contribution < 1.29 is 14.4 Å². The van der Waals surface area contributed by atoms with Crippen molar-refractivity contribution in [1.29, 1.82) is 0 Å². The maximum absolute atomic E-state index is 13.3. The number of rotatable bonds is 5. The molecule has 0 aliphatic carbocycles. The highest BCUT2D eigenvalue weighted by Crippen LogP contribution is 2.39. The minimum absolute atomic E-state index is 0.0293. The van der Waals surface area contributed by atoms with Gasteiger partial charge in [-0.15, -0.1) is 11.3 Å². The summed E-state index contributed by atoms with van der Waals surface area (Å²) < 4.78 is 0. The van der Waals surface area contributed by atoms with Gasteiger partial charge in [0, 0.05) is 30.2 Å². The second-order valence-electron chi connectivity index (χ2n) is 6.90. The average molecular weight is 389 g/mol. The van der Waals surface area contributed by atoms with Gasteiger partial charge in [-0.1, -0.05) is 60.7 Å². The number of anilines is 1. The zero-order valence-corrected chi connectivity index (χ0v) is 15.9. The molecule has 0 saturated heterocycles. The third-order valence-electron chi connectivity index (χ3n) is 5.12. The number of hydrogen-bond donors (Lipinski definition) is 1. The summed E-state index contributed by atoms with van der Waals surface area (Å²) in [7, 11) is 0. The van der Waals surface area contributed by atoms with Crippen molar-refractivity contribution >= 4 is 34.5 Å². The molecule has 28 heavy (non-hydrogen) atoms. The molecule has 4 rings (SSSR count). The van der Waals surface area contributed by atoms with E-state index >= 15 is 0 Å². The summed E-state index contributed by atoms with van der Waals surface area (Å²) in [4.78, 5) is 39.2. The molecular weight excluding hydrogens is 370 g/mol. The number of carbonyl (C=O) groups excluding carboxylic acids is 3. The molecule has 2 heterocycles. The Morgan fingerprint density at radius 1 is 1.00 bits per heavy atom. The molecule has 0 fully saturated rings. The van der Waals surface area contributed by atoms with Gasteiger partial charge in [-0.25, -0.2) is 0 Å². The Morgan fingerprint density at radius 3 is 2.39 bits per heavy atom. The van der Waals surface area contributed by atoms with Crippen molar-refractivity contribution in [2.24, 2.45) is 5.92 Å². The SMILES string of the molecule is O=C1CC(C(CC(=O)c2ccccc2)c2ccccc2)C(=O)c2sccc2N1. The fraction of sp³-hybridized carbons (Fsp3) is 0.174. The van der Waals surface area contributed by atoms with Gasteiger partial charge in [0.2, 0.25) is 5.91 Å². The van der Waals surface area contributed by atoms with E-state index in [1.165, 1.54) is 11.3 Å². The number of fused-ring (bicyclic) bond motifs is 1. The predicted octanol–water partition coefficient (Wildman–Crippen LogP) is 4.95. The van der Waals surface area contributed by atoms with Gasteiger partial charge in [-0.3, -0.25) is 14.4 Å². The molecule has 4 nitrogen and oxygen atoms in total. The molecule has 5 heteroatoms. The van der Waals surface area contributed by atoms with E-state index in [2.05, 4.69) is 5.32 Å². The Hall–Kier alpha value is -3.05. The summed E-state index contributed by atoms with van der Waals surface area (Å²) in [5.74, 6) is -1.23. The first-order chi connectivity index (χ1) is 13.6. The van der Waals surface area contributed by atoms with Crippen molar-refractivity contribution in [3.8, 4) is 0 Å². The Bertz CT molecular complexity index is 1010. The number of Topliss-reactive ketones (excluding diaryl/α,β-unsaturated/α-hetero) is 2. The topological polar surface area (TPSA) is 63.2 Å². The molecule has 2 unspecified atom stereocenters. The summed E-state index contributed by atoms with van der Waals surface area (Å²) in [5.41, 5.74) is 2.09. The molecule has 1 aliphatic heterocycles. The van der Waals surface area contributed by atoms with E-state index in [4.69, 9.17) is 0 Å². The van der Waals surface area contributed by atoms with Gasteiger partial charge in [0.25, 0.3) is 0 Å². The van der Waals surface area contributed by atoms with Crippen molar-refractivity contribution in [2.75, 3.05) is 5.32 Å². The number of nitrogens with one attached hydrogen (secondary N) is 1. The summed E-state index contributed by atoms with van der Waals surface area (Å²) in [6, 6.07) is 20.4. The summed E-state index contributed by atoms with van der Waals surface area (Å²) in [5, 5.41) is 4.62. The van der Waals surface area contributed by atoms with Gasteiger partial charge >= 0.3 is 0 Å². The molecule has 1 N–H and O–H groups in total. The molecule has 0 spiro atoms. The maximum Gasteiger partial charge on any atom is 0.225 e. The summed E-state index contributed by atoms with van der Waals surface area (Å²) in [6.45, 7) is 0. The van der Waals surface area contributed by atoms with E-state index in [0.717, 1.165) is 5.56 Å². The summed E-state index contributed by atoms with van der Waals surface area (Å²) >= 11 is 1.33. The van der Waals surface area contributed by atoms with Gasteiger partial charge in [-0.2, -0.15) is 0 Å². The predicted molar refractivity (Wildman–Crippen MR) is 110 cm³/mol. The molecule has 1 aromatic heterocycles. The molecule has 3 aromatic rings. The molecule has 1 aliphatic rings. The number of hydrogen-bond acceptors (Lipinski definition) is 4. The number of amides is 1. The van der Waals surface area contributed by atoms with Crippen LogP contribution in [0, 0.1) is 5.92 Å². The molecule has 2 atom stereocenters. The molecule has 1 amide bonds. The number of ketones is 2. The Balaban J connectivity index is 1.72. The molecule has 0 bridgehead atoms. The highest BCUT2D eigenvalue weighted by atomic mass is 32.1. The largest absolute Gasteiger partial charge is 0.325 e. The van der Waals surface area contributed by atoms with E-state index in [1.807, 2.05) is 48.5 Å². The van der Waals surface area contributed by atoms with Gasteiger partial charge < -0.3 is 5.32 Å². The van der Waals surface area contributed by atoms with E-state index in [0.29, 0.717) is 16.1 Å². The third-order valence-corrected chi connectivity index (χ3v) is 6.05. The Labute approximate surface area is 167 Å². The Kier molecular flexibility index (Phi) is 5.17. The van der Waals surface area contributed by atoms with Gasteiger partial charge in [0.1, 0.15) is 0 Å². The quantitative estimate of drug-likeness (QED) is 0.628. The lowest BCUT2D eigenvalue weighted by Gasteiger charge is -2.24. The number of carbonyl (C=O) groups is 3. The summed E-state index contributed by atoms with van der Waals surface area (Å²) in [6.07, 6.45) is 0.250. The first-order valence-electron chi connectivity index (χ1n) is 9.18. The molecular formula is C23H19NO3S. The van der Waals surface area contributed by atoms with E-state index in [1.54, 1.807) is 23.6 Å². The van der Waals surface area contributed by atoms with Crippen molar-refractivity contribution in [2.45, 2.75) is 18.8 Å². The van der Waals surface area contributed by atoms with Crippen LogP contribution in [0.5, 0.6) is 0 Å². The average Bonchev–Trinajstić information content (AvgIpc) is 3.15. The second kappa shape index (κ2) is 7.90. The lowest BCUT2D eigenvalue weighted by molar-refractivity contribution is -0.116. The molecule has 0 saturated carbocycles. The number of benzene rings is 2. The van der Waals surface area contributed by atoms with E-state index in [9.17, 15) is 14.4 Å². The molecule has 140 valence electrons. The van der Waals surface area contributed by atoms with Crippen molar-refractivity contribution in [1.82, 2.24) is 0 Å². The van der Waals surface area contributed by atoms with Crippen LogP contribution in [0.1, 0.15) is 44.4 Å². The Morgan fingerprint density at radius 2 is 1.68 bits per heavy atom. The van der Waals surface area contributed by atoms with Gasteiger partial charge in [0.15, 0.2) is 11.6 Å². The lowest BCUT2D eigenvalue weighted by atomic mass is 9.77. The van der Waals surface area contributed by atoms with Crippen LogP contribution in [-0.2, 0) is 4.79 Å². The zero-order valence-electron chi connectivity index (χ0n) is 15.1. The smallest absolute Gasteiger partial charge is 0.225 e. The zero-order chi connectivity index (χ0) is 19.5. The minimum Gasteiger partial charge on any atom is -0.325 e. The van der Waals surface area contributed by atoms with Crippen LogP contribution < -0.4 is 5.32 Å². The van der Waals surface area contributed by atoms with Gasteiger partial charge in [0.05, 0.1) is 10.6 Å². The minimum atomic E-state index is -0.574. The van der Waals surface area contributed by atoms with Crippen LogP contribution in [0.2, 0.25) is 0 Å². The maximum atomic E-state index is 13.3. The third kappa shape index (κ3) is 3.66. The highest BCUT2D eigenvalue weighted by Gasteiger charge is 2.37. The standard InChI is InChI=1S/C23H19NO3S/c25-20(16-9-5-2-6-10-16)13-17(15-7-3-1-4-8-15)18-14-21(26)24-19-11-12-28-23(19)22(18)27/h1-12,17-18H,13-14H2,(H,24,26). The van der Waals surface area contributed by atoms with E-state index < -0.39 is 5.92 Å². The lowest BCUT2D eigenvalue weighted by Crippen LogP contribution is -2.26. The van der Waals surface area contributed by atoms with Crippen LogP contribution in [-0.4, -0.2) is 17.5 Å².